The van der Waals surface area contributed by atoms with E-state index < -0.39 is 5.91 Å². The lowest BCUT2D eigenvalue weighted by atomic mass is 10.1. The van der Waals surface area contributed by atoms with Crippen LogP contribution in [0, 0.1) is 6.92 Å². The number of anilines is 1. The molecular formula is C22H24N5O4+. The van der Waals surface area contributed by atoms with Crippen molar-refractivity contribution in [2.45, 2.75) is 26.4 Å². The van der Waals surface area contributed by atoms with Gasteiger partial charge in [-0.3, -0.25) is 14.0 Å². The fraction of sp³-hybridized carbons (Fsp3) is 0.273. The minimum absolute atomic E-state index is 0.209. The normalized spacial score (nSPS) is 11.3. The van der Waals surface area contributed by atoms with Gasteiger partial charge in [-0.1, -0.05) is 11.1 Å². The number of furan rings is 1. The SMILES string of the molecule is COCCC[n+]1c(N)c(C(=O)NCc2ccco2)cc2c(=O)n3cc(C)ccc3nc21. The highest BCUT2D eigenvalue weighted by Gasteiger charge is 2.24. The molecule has 0 bridgehead atoms. The molecule has 9 nitrogen and oxygen atoms in total. The molecule has 0 radical (unpaired) electrons. The zero-order valence-corrected chi connectivity index (χ0v) is 17.4. The summed E-state index contributed by atoms with van der Waals surface area (Å²) in [5, 5.41) is 3.10. The van der Waals surface area contributed by atoms with Crippen molar-refractivity contribution in [3.8, 4) is 0 Å². The number of nitrogen functional groups attached to an aromatic ring is 1. The first-order chi connectivity index (χ1) is 15.0. The number of hydrogen-bond donors (Lipinski definition) is 2. The summed E-state index contributed by atoms with van der Waals surface area (Å²) in [6.45, 7) is 3.07. The van der Waals surface area contributed by atoms with Gasteiger partial charge in [0.15, 0.2) is 0 Å². The predicted molar refractivity (Wildman–Crippen MR) is 115 cm³/mol. The highest BCUT2D eigenvalue weighted by molar-refractivity contribution is 6.00. The number of rotatable bonds is 7. The maximum atomic E-state index is 13.3. The highest BCUT2D eigenvalue weighted by Crippen LogP contribution is 2.15. The van der Waals surface area contributed by atoms with E-state index in [4.69, 9.17) is 14.9 Å². The molecule has 0 aliphatic carbocycles. The third kappa shape index (κ3) is 3.99. The topological polar surface area (TPSA) is 116 Å². The van der Waals surface area contributed by atoms with Gasteiger partial charge in [0.1, 0.15) is 16.7 Å². The van der Waals surface area contributed by atoms with Gasteiger partial charge in [-0.2, -0.15) is 0 Å². The summed E-state index contributed by atoms with van der Waals surface area (Å²) >= 11 is 0. The van der Waals surface area contributed by atoms with Crippen molar-refractivity contribution in [1.82, 2.24) is 14.7 Å². The van der Waals surface area contributed by atoms with E-state index in [0.717, 1.165) is 5.56 Å². The van der Waals surface area contributed by atoms with Gasteiger partial charge >= 0.3 is 0 Å². The van der Waals surface area contributed by atoms with Crippen molar-refractivity contribution in [2.75, 3.05) is 19.5 Å². The van der Waals surface area contributed by atoms with Crippen LogP contribution in [-0.4, -0.2) is 29.0 Å². The number of carbonyl (C=O) groups is 1. The fourth-order valence-corrected chi connectivity index (χ4v) is 3.51. The Hall–Kier alpha value is -3.72. The molecular weight excluding hydrogens is 398 g/mol. The minimum Gasteiger partial charge on any atom is -0.467 e. The number of ether oxygens (including phenoxy) is 1. The number of methoxy groups -OCH3 is 1. The molecule has 0 atom stereocenters. The third-order valence-electron chi connectivity index (χ3n) is 5.07. The summed E-state index contributed by atoms with van der Waals surface area (Å²) in [4.78, 5) is 30.8. The number of carbonyl (C=O) groups excluding carboxylic acids is 1. The first-order valence-corrected chi connectivity index (χ1v) is 9.94. The number of amides is 1. The van der Waals surface area contributed by atoms with Gasteiger partial charge in [0.05, 0.1) is 19.4 Å². The van der Waals surface area contributed by atoms with Crippen molar-refractivity contribution in [1.29, 1.82) is 0 Å². The van der Waals surface area contributed by atoms with E-state index in [-0.39, 0.29) is 23.5 Å². The van der Waals surface area contributed by atoms with Crippen molar-refractivity contribution in [3.05, 3.63) is 70.0 Å². The van der Waals surface area contributed by atoms with Crippen LogP contribution in [0.5, 0.6) is 0 Å². The first-order valence-electron chi connectivity index (χ1n) is 9.94. The number of nitrogens with two attached hydrogens (primary N) is 1. The van der Waals surface area contributed by atoms with Gasteiger partial charge in [0.2, 0.25) is 11.5 Å². The molecule has 4 aromatic rings. The molecule has 0 aliphatic heterocycles. The number of pyridine rings is 2. The van der Waals surface area contributed by atoms with Crippen LogP contribution in [0.3, 0.4) is 0 Å². The number of aryl methyl sites for hydroxylation is 2. The third-order valence-corrected chi connectivity index (χ3v) is 5.07. The summed E-state index contributed by atoms with van der Waals surface area (Å²) < 4.78 is 13.6. The molecule has 4 aromatic heterocycles. The molecule has 0 aromatic carbocycles. The van der Waals surface area contributed by atoms with Crippen molar-refractivity contribution in [2.24, 2.45) is 0 Å². The molecule has 4 heterocycles. The molecule has 160 valence electrons. The molecule has 0 spiro atoms. The van der Waals surface area contributed by atoms with Crippen LogP contribution in [0.1, 0.15) is 28.1 Å². The standard InChI is InChI=1S/C22H23N5O4/c1-14-6-7-18-25-20-17(22(29)27(18)13-14)11-16(19(23)26(20)8-4-9-30-2)21(28)24-12-15-5-3-10-31-15/h3,5-7,10-11,13,23H,4,8-9,12H2,1-2H3,(H,24,28)/p+1. The van der Waals surface area contributed by atoms with Crippen molar-refractivity contribution < 1.29 is 18.5 Å². The van der Waals surface area contributed by atoms with E-state index in [2.05, 4.69) is 10.3 Å². The molecule has 0 aliphatic rings. The molecule has 3 N–H and O–H groups in total. The summed E-state index contributed by atoms with van der Waals surface area (Å²) in [6, 6.07) is 8.70. The second-order valence-electron chi connectivity index (χ2n) is 7.29. The van der Waals surface area contributed by atoms with Crippen molar-refractivity contribution in [3.63, 3.8) is 0 Å². The van der Waals surface area contributed by atoms with Crippen LogP contribution < -0.4 is 21.2 Å². The summed E-state index contributed by atoms with van der Waals surface area (Å²) in [5.74, 6) is 0.456. The highest BCUT2D eigenvalue weighted by atomic mass is 16.5. The van der Waals surface area contributed by atoms with Crippen LogP contribution in [0.15, 0.2) is 52.0 Å². The summed E-state index contributed by atoms with van der Waals surface area (Å²) in [5.41, 5.74) is 8.21. The monoisotopic (exact) mass is 422 g/mol. The van der Waals surface area contributed by atoms with Crippen molar-refractivity contribution >= 4 is 28.4 Å². The van der Waals surface area contributed by atoms with Crippen LogP contribution in [0.4, 0.5) is 5.82 Å². The zero-order valence-electron chi connectivity index (χ0n) is 17.4. The van der Waals surface area contributed by atoms with Crippen LogP contribution in [0.25, 0.3) is 16.7 Å². The Labute approximate surface area is 178 Å². The van der Waals surface area contributed by atoms with Gasteiger partial charge in [-0.15, -0.1) is 0 Å². The van der Waals surface area contributed by atoms with Gasteiger partial charge in [-0.05, 0) is 36.8 Å². The Morgan fingerprint density at radius 3 is 2.94 bits per heavy atom. The quantitative estimate of drug-likeness (QED) is 0.265. The molecule has 31 heavy (non-hydrogen) atoms. The van der Waals surface area contributed by atoms with Gasteiger partial charge in [0.25, 0.3) is 17.1 Å². The molecule has 1 amide bonds. The Morgan fingerprint density at radius 2 is 2.19 bits per heavy atom. The molecule has 0 saturated carbocycles. The Balaban J connectivity index is 1.86. The fourth-order valence-electron chi connectivity index (χ4n) is 3.51. The van der Waals surface area contributed by atoms with E-state index in [9.17, 15) is 9.59 Å². The molecule has 0 unspecified atom stereocenters. The maximum Gasteiger partial charge on any atom is 0.278 e. The van der Waals surface area contributed by atoms with Crippen LogP contribution in [-0.2, 0) is 17.8 Å². The Kier molecular flexibility index (Phi) is 5.68. The number of hydrogen-bond acceptors (Lipinski definition) is 6. The average Bonchev–Trinajstić information content (AvgIpc) is 3.28. The maximum absolute atomic E-state index is 13.3. The molecule has 9 heteroatoms. The number of fused-ring (bicyclic) bond motifs is 2. The predicted octanol–water partition coefficient (Wildman–Crippen LogP) is 1.59. The molecule has 0 saturated heterocycles. The lowest BCUT2D eigenvalue weighted by Gasteiger charge is -2.12. The van der Waals surface area contributed by atoms with E-state index in [0.29, 0.717) is 42.0 Å². The minimum atomic E-state index is -0.398. The first kappa shape index (κ1) is 20.5. The van der Waals surface area contributed by atoms with E-state index in [1.807, 2.05) is 13.0 Å². The summed E-state index contributed by atoms with van der Waals surface area (Å²) in [7, 11) is 1.62. The second-order valence-corrected chi connectivity index (χ2v) is 7.29. The second kappa shape index (κ2) is 8.57. The lowest BCUT2D eigenvalue weighted by Crippen LogP contribution is -2.43. The number of nitrogens with one attached hydrogen (secondary N) is 1. The zero-order chi connectivity index (χ0) is 22.0. The smallest absolute Gasteiger partial charge is 0.278 e. The number of nitrogens with zero attached hydrogens (tertiary/aromatic N) is 3. The van der Waals surface area contributed by atoms with E-state index in [1.165, 1.54) is 16.7 Å². The Morgan fingerprint density at radius 1 is 1.35 bits per heavy atom. The largest absolute Gasteiger partial charge is 0.467 e. The lowest BCUT2D eigenvalue weighted by molar-refractivity contribution is -0.659. The van der Waals surface area contributed by atoms with Gasteiger partial charge in [0, 0.05) is 26.3 Å². The Bertz CT molecular complexity index is 1310. The molecule has 4 rings (SSSR count). The van der Waals surface area contributed by atoms with Gasteiger partial charge < -0.3 is 20.2 Å². The summed E-state index contributed by atoms with van der Waals surface area (Å²) in [6.07, 6.45) is 3.91. The van der Waals surface area contributed by atoms with Crippen LogP contribution in [0.2, 0.25) is 0 Å². The molecule has 0 fully saturated rings. The van der Waals surface area contributed by atoms with Crippen LogP contribution >= 0.6 is 0 Å². The van der Waals surface area contributed by atoms with Gasteiger partial charge in [-0.25, -0.2) is 4.57 Å². The average molecular weight is 422 g/mol. The van der Waals surface area contributed by atoms with E-state index in [1.54, 1.807) is 36.1 Å². The number of aromatic nitrogens is 3. The van der Waals surface area contributed by atoms with E-state index >= 15 is 0 Å².